The van der Waals surface area contributed by atoms with Crippen molar-refractivity contribution in [2.45, 2.75) is 116 Å². The van der Waals surface area contributed by atoms with Gasteiger partial charge in [-0.1, -0.05) is 78.4 Å². The molecule has 0 aliphatic heterocycles. The lowest BCUT2D eigenvalue weighted by Gasteiger charge is -2.50. The van der Waals surface area contributed by atoms with Gasteiger partial charge in [-0.2, -0.15) is 0 Å². The average molecular weight is 503 g/mol. The molecule has 0 aromatic carbocycles. The third-order valence-electron chi connectivity index (χ3n) is 10.2. The summed E-state index contributed by atoms with van der Waals surface area (Å²) >= 11 is 0. The number of carbonyl (C=O) groups excluding carboxylic acids is 2. The lowest BCUT2D eigenvalue weighted by atomic mass is 9.60. The standard InChI is InChI=1S/C30H46O6/c1-6-7-8-9-10-11-12-13-24(32)36-29-16-20(3)30(35)22(25(29)27(29,4)5)15-21(18-31)17-28(34)23(30)14-19(2)26(28)33/h14-15,20,22-23,25,31,34-35H,6-13,16-18H2,1-5H3. The molecule has 4 aliphatic rings. The molecule has 0 aromatic heterocycles. The minimum atomic E-state index is -1.76. The Labute approximate surface area is 216 Å². The van der Waals surface area contributed by atoms with Crippen LogP contribution in [0.3, 0.4) is 0 Å². The number of aliphatic hydroxyl groups excluding tert-OH is 1. The Bertz CT molecular complexity index is 949. The van der Waals surface area contributed by atoms with Crippen molar-refractivity contribution in [1.82, 2.24) is 0 Å². The number of carbonyl (C=O) groups is 2. The van der Waals surface area contributed by atoms with E-state index in [4.69, 9.17) is 4.74 Å². The van der Waals surface area contributed by atoms with Crippen molar-refractivity contribution in [2.24, 2.45) is 29.1 Å². The topological polar surface area (TPSA) is 104 Å². The summed E-state index contributed by atoms with van der Waals surface area (Å²) in [6, 6.07) is 0. The van der Waals surface area contributed by atoms with E-state index in [1.54, 1.807) is 13.0 Å². The molecular formula is C30H46O6. The van der Waals surface area contributed by atoms with Gasteiger partial charge in [-0.25, -0.2) is 0 Å². The minimum Gasteiger partial charge on any atom is -0.458 e. The summed E-state index contributed by atoms with van der Waals surface area (Å²) in [5.74, 6) is -2.25. The Balaban J connectivity index is 1.54. The van der Waals surface area contributed by atoms with E-state index in [9.17, 15) is 24.9 Å². The Kier molecular flexibility index (Phi) is 7.39. The van der Waals surface area contributed by atoms with Crippen LogP contribution in [0.2, 0.25) is 0 Å². The van der Waals surface area contributed by atoms with Gasteiger partial charge in [-0.3, -0.25) is 9.59 Å². The molecule has 4 rings (SSSR count). The number of Topliss-reactive ketones (excluding diaryl/α,β-unsaturated/α-hetero) is 1. The van der Waals surface area contributed by atoms with Gasteiger partial charge in [0, 0.05) is 36.0 Å². The van der Waals surface area contributed by atoms with Crippen LogP contribution >= 0.6 is 0 Å². The van der Waals surface area contributed by atoms with Crippen molar-refractivity contribution in [2.75, 3.05) is 6.61 Å². The minimum absolute atomic E-state index is 0.00453. The number of hydrogen-bond donors (Lipinski definition) is 3. The Morgan fingerprint density at radius 2 is 1.72 bits per heavy atom. The van der Waals surface area contributed by atoms with E-state index in [-0.39, 0.29) is 42.0 Å². The zero-order chi connectivity index (χ0) is 26.5. The first-order chi connectivity index (χ1) is 16.9. The third kappa shape index (κ3) is 4.03. The maximum Gasteiger partial charge on any atom is 0.306 e. The molecule has 0 saturated heterocycles. The molecule has 2 saturated carbocycles. The highest BCUT2D eigenvalue weighted by Gasteiger charge is 2.83. The van der Waals surface area contributed by atoms with Crippen LogP contribution in [0, 0.1) is 29.1 Å². The smallest absolute Gasteiger partial charge is 0.306 e. The zero-order valence-corrected chi connectivity index (χ0v) is 22.8. The molecule has 0 aromatic rings. The number of esters is 1. The predicted octanol–water partition coefficient (Wildman–Crippen LogP) is 4.65. The first-order valence-corrected chi connectivity index (χ1v) is 14.1. The van der Waals surface area contributed by atoms with Crippen LogP contribution < -0.4 is 0 Å². The number of ketones is 1. The quantitative estimate of drug-likeness (QED) is 0.228. The van der Waals surface area contributed by atoms with Gasteiger partial charge in [0.15, 0.2) is 5.78 Å². The molecule has 0 bridgehead atoms. The second-order valence-electron chi connectivity index (χ2n) is 12.7. The van der Waals surface area contributed by atoms with Gasteiger partial charge >= 0.3 is 5.97 Å². The molecule has 0 spiro atoms. The van der Waals surface area contributed by atoms with Crippen molar-refractivity contribution in [3.05, 3.63) is 23.3 Å². The fourth-order valence-corrected chi connectivity index (χ4v) is 8.08. The van der Waals surface area contributed by atoms with E-state index >= 15 is 0 Å². The summed E-state index contributed by atoms with van der Waals surface area (Å²) in [7, 11) is 0. The number of unbranched alkanes of at least 4 members (excludes halogenated alkanes) is 6. The summed E-state index contributed by atoms with van der Waals surface area (Å²) in [6.45, 7) is 9.70. The maximum atomic E-state index is 13.0. The third-order valence-corrected chi connectivity index (χ3v) is 10.2. The Morgan fingerprint density at radius 1 is 1.08 bits per heavy atom. The van der Waals surface area contributed by atoms with Gasteiger partial charge in [0.05, 0.1) is 12.2 Å². The molecule has 6 heteroatoms. The van der Waals surface area contributed by atoms with E-state index in [1.165, 1.54) is 25.7 Å². The molecule has 0 heterocycles. The van der Waals surface area contributed by atoms with Gasteiger partial charge in [0.1, 0.15) is 11.2 Å². The number of hydrogen-bond acceptors (Lipinski definition) is 6. The molecule has 0 radical (unpaired) electrons. The van der Waals surface area contributed by atoms with Crippen molar-refractivity contribution >= 4 is 11.8 Å². The van der Waals surface area contributed by atoms with Crippen LogP contribution in [0.25, 0.3) is 0 Å². The Hall–Kier alpha value is -1.50. The summed E-state index contributed by atoms with van der Waals surface area (Å²) in [5, 5.41) is 34.0. The monoisotopic (exact) mass is 502 g/mol. The van der Waals surface area contributed by atoms with E-state index < -0.39 is 28.6 Å². The molecule has 4 aliphatic carbocycles. The first-order valence-electron chi connectivity index (χ1n) is 14.1. The molecule has 0 amide bonds. The molecule has 36 heavy (non-hydrogen) atoms. The van der Waals surface area contributed by atoms with Crippen molar-refractivity contribution < 1.29 is 29.6 Å². The number of fused-ring (bicyclic) bond motifs is 5. The highest BCUT2D eigenvalue weighted by molar-refractivity contribution is 6.04. The molecule has 3 N–H and O–H groups in total. The van der Waals surface area contributed by atoms with Crippen LogP contribution in [0.15, 0.2) is 23.3 Å². The highest BCUT2D eigenvalue weighted by atomic mass is 16.6. The van der Waals surface area contributed by atoms with Gasteiger partial charge < -0.3 is 20.1 Å². The normalized spacial score (nSPS) is 40.4. The number of rotatable bonds is 10. The van der Waals surface area contributed by atoms with E-state index in [0.717, 1.165) is 19.3 Å². The van der Waals surface area contributed by atoms with Crippen LogP contribution in [0.1, 0.15) is 98.8 Å². The van der Waals surface area contributed by atoms with Crippen molar-refractivity contribution in [3.63, 3.8) is 0 Å². The Morgan fingerprint density at radius 3 is 2.36 bits per heavy atom. The van der Waals surface area contributed by atoms with Gasteiger partial charge in [-0.05, 0) is 36.8 Å². The van der Waals surface area contributed by atoms with Gasteiger partial charge in [0.25, 0.3) is 0 Å². The SMILES string of the molecule is CCCCCCCCCC(=O)OC12CC(C)C3(O)C(C=C(CO)CC4(O)C(=O)C(C)=CC43)C1C2(C)C. The summed E-state index contributed by atoms with van der Waals surface area (Å²) in [5.41, 5.74) is -3.20. The lowest BCUT2D eigenvalue weighted by molar-refractivity contribution is -0.187. The summed E-state index contributed by atoms with van der Waals surface area (Å²) in [4.78, 5) is 26.0. The lowest BCUT2D eigenvalue weighted by Crippen LogP contribution is -2.61. The average Bonchev–Trinajstić information content (AvgIpc) is 3.22. The van der Waals surface area contributed by atoms with Gasteiger partial charge in [0.2, 0.25) is 0 Å². The van der Waals surface area contributed by atoms with Crippen molar-refractivity contribution in [3.8, 4) is 0 Å². The summed E-state index contributed by atoms with van der Waals surface area (Å²) in [6.07, 6.45) is 12.4. The highest BCUT2D eigenvalue weighted by Crippen LogP contribution is 2.76. The molecule has 6 nitrogen and oxygen atoms in total. The second kappa shape index (κ2) is 9.67. The van der Waals surface area contributed by atoms with Crippen molar-refractivity contribution in [1.29, 1.82) is 0 Å². The molecule has 2 fully saturated rings. The molecule has 7 unspecified atom stereocenters. The first kappa shape index (κ1) is 27.5. The fourth-order valence-electron chi connectivity index (χ4n) is 8.08. The number of ether oxygens (including phenoxy) is 1. The molecule has 202 valence electrons. The van der Waals surface area contributed by atoms with Crippen LogP contribution in [0.4, 0.5) is 0 Å². The zero-order valence-electron chi connectivity index (χ0n) is 22.8. The second-order valence-corrected chi connectivity index (χ2v) is 12.7. The largest absolute Gasteiger partial charge is 0.458 e. The number of aliphatic hydroxyl groups is 3. The van der Waals surface area contributed by atoms with Gasteiger partial charge in [-0.15, -0.1) is 0 Å². The van der Waals surface area contributed by atoms with Crippen LogP contribution in [0.5, 0.6) is 0 Å². The molecule has 7 atom stereocenters. The maximum absolute atomic E-state index is 13.0. The van der Waals surface area contributed by atoms with E-state index in [0.29, 0.717) is 24.0 Å². The predicted molar refractivity (Wildman–Crippen MR) is 138 cm³/mol. The summed E-state index contributed by atoms with van der Waals surface area (Å²) < 4.78 is 6.28. The molecular weight excluding hydrogens is 456 g/mol. The van der Waals surface area contributed by atoms with Crippen LogP contribution in [-0.2, 0) is 14.3 Å². The van der Waals surface area contributed by atoms with E-state index in [2.05, 4.69) is 20.8 Å². The fraction of sp³-hybridized carbons (Fsp3) is 0.800. The van der Waals surface area contributed by atoms with E-state index in [1.807, 2.05) is 13.0 Å². The van der Waals surface area contributed by atoms with Crippen LogP contribution in [-0.4, -0.2) is 50.5 Å².